The Morgan fingerprint density at radius 1 is 1.14 bits per heavy atom. The van der Waals surface area contributed by atoms with E-state index in [2.05, 4.69) is 9.71 Å². The Hall–Kier alpha value is -1.98. The number of H-pyrrole nitrogens is 1. The zero-order valence-corrected chi connectivity index (χ0v) is 12.8. The maximum absolute atomic E-state index is 12.5. The van der Waals surface area contributed by atoms with Gasteiger partial charge < -0.3 is 4.98 Å². The molecule has 108 valence electrons. The van der Waals surface area contributed by atoms with Crippen LogP contribution in [-0.4, -0.2) is 13.4 Å². The number of rotatable bonds is 3. The van der Waals surface area contributed by atoms with Gasteiger partial charge in [-0.2, -0.15) is 0 Å². The average molecular weight is 321 g/mol. The summed E-state index contributed by atoms with van der Waals surface area (Å²) in [5.74, 6) is 0. The third-order valence-electron chi connectivity index (χ3n) is 3.31. The molecule has 0 aliphatic heterocycles. The molecule has 0 bridgehead atoms. The summed E-state index contributed by atoms with van der Waals surface area (Å²) in [7, 11) is -3.66. The maximum Gasteiger partial charge on any atom is 0.262 e. The Morgan fingerprint density at radius 3 is 2.76 bits per heavy atom. The minimum Gasteiger partial charge on any atom is -0.361 e. The van der Waals surface area contributed by atoms with E-state index >= 15 is 0 Å². The number of hydrogen-bond donors (Lipinski definition) is 2. The van der Waals surface area contributed by atoms with Crippen molar-refractivity contribution in [1.82, 2.24) is 4.98 Å². The van der Waals surface area contributed by atoms with Gasteiger partial charge in [0.05, 0.1) is 4.90 Å². The van der Waals surface area contributed by atoms with E-state index in [1.807, 2.05) is 18.3 Å². The Bertz CT molecular complexity index is 916. The molecule has 3 aromatic rings. The van der Waals surface area contributed by atoms with Gasteiger partial charge in [-0.05, 0) is 48.9 Å². The van der Waals surface area contributed by atoms with E-state index in [-0.39, 0.29) is 4.90 Å². The molecule has 0 aliphatic carbocycles. The highest BCUT2D eigenvalue weighted by atomic mass is 35.5. The van der Waals surface area contributed by atoms with E-state index in [4.69, 9.17) is 11.6 Å². The number of anilines is 1. The second-order valence-electron chi connectivity index (χ2n) is 4.75. The fourth-order valence-electron chi connectivity index (χ4n) is 2.21. The normalized spacial score (nSPS) is 11.7. The summed E-state index contributed by atoms with van der Waals surface area (Å²) >= 11 is 5.99. The van der Waals surface area contributed by atoms with Crippen molar-refractivity contribution in [2.75, 3.05) is 4.72 Å². The van der Waals surface area contributed by atoms with Crippen LogP contribution in [0.3, 0.4) is 0 Å². The predicted molar refractivity (Wildman–Crippen MR) is 85.3 cm³/mol. The standard InChI is InChI=1S/C15H13ClN2O2S/c1-10-13(16)3-2-4-15(10)21(19,20)18-12-5-6-14-11(9-12)7-8-17-14/h2-9,17-18H,1H3. The van der Waals surface area contributed by atoms with Crippen LogP contribution in [0, 0.1) is 6.92 Å². The number of halogens is 1. The first-order valence-electron chi connectivity index (χ1n) is 6.32. The van der Waals surface area contributed by atoms with Crippen LogP contribution in [0.5, 0.6) is 0 Å². The van der Waals surface area contributed by atoms with Crippen molar-refractivity contribution < 1.29 is 8.42 Å². The van der Waals surface area contributed by atoms with E-state index < -0.39 is 10.0 Å². The van der Waals surface area contributed by atoms with Crippen LogP contribution in [0.1, 0.15) is 5.56 Å². The van der Waals surface area contributed by atoms with Crippen molar-refractivity contribution >= 4 is 38.2 Å². The molecule has 3 rings (SSSR count). The highest BCUT2D eigenvalue weighted by Gasteiger charge is 2.18. The maximum atomic E-state index is 12.5. The molecule has 1 heterocycles. The first kappa shape index (κ1) is 14.0. The zero-order valence-electron chi connectivity index (χ0n) is 11.2. The van der Waals surface area contributed by atoms with E-state index in [9.17, 15) is 8.42 Å². The van der Waals surface area contributed by atoms with E-state index in [1.54, 1.807) is 37.3 Å². The van der Waals surface area contributed by atoms with Crippen molar-refractivity contribution in [3.05, 3.63) is 59.2 Å². The van der Waals surface area contributed by atoms with Crippen molar-refractivity contribution in [2.24, 2.45) is 0 Å². The van der Waals surface area contributed by atoms with E-state index in [0.29, 0.717) is 16.3 Å². The SMILES string of the molecule is Cc1c(Cl)cccc1S(=O)(=O)Nc1ccc2[nH]ccc2c1. The minimum absolute atomic E-state index is 0.184. The molecule has 4 nitrogen and oxygen atoms in total. The summed E-state index contributed by atoms with van der Waals surface area (Å²) in [6, 6.07) is 12.1. The smallest absolute Gasteiger partial charge is 0.262 e. The molecule has 1 aromatic heterocycles. The van der Waals surface area contributed by atoms with Gasteiger partial charge in [0.15, 0.2) is 0 Å². The van der Waals surface area contributed by atoms with Gasteiger partial charge in [-0.1, -0.05) is 17.7 Å². The largest absolute Gasteiger partial charge is 0.361 e. The molecule has 21 heavy (non-hydrogen) atoms. The van der Waals surface area contributed by atoms with Gasteiger partial charge in [0, 0.05) is 27.8 Å². The summed E-state index contributed by atoms with van der Waals surface area (Å²) in [6.45, 7) is 1.69. The number of nitrogens with one attached hydrogen (secondary N) is 2. The lowest BCUT2D eigenvalue weighted by molar-refractivity contribution is 0.600. The third-order valence-corrected chi connectivity index (χ3v) is 5.25. The van der Waals surface area contributed by atoms with Crippen LogP contribution in [-0.2, 0) is 10.0 Å². The molecule has 6 heteroatoms. The van der Waals surface area contributed by atoms with Crippen LogP contribution in [0.4, 0.5) is 5.69 Å². The van der Waals surface area contributed by atoms with Gasteiger partial charge in [-0.25, -0.2) is 8.42 Å². The van der Waals surface area contributed by atoms with Crippen molar-refractivity contribution in [3.63, 3.8) is 0 Å². The highest BCUT2D eigenvalue weighted by molar-refractivity contribution is 7.92. The number of aromatic nitrogens is 1. The van der Waals surface area contributed by atoms with Gasteiger partial charge in [-0.15, -0.1) is 0 Å². The second-order valence-corrected chi connectivity index (χ2v) is 6.81. The molecule has 0 fully saturated rings. The lowest BCUT2D eigenvalue weighted by atomic mass is 10.2. The fourth-order valence-corrected chi connectivity index (χ4v) is 3.75. The molecule has 0 saturated carbocycles. The molecule has 0 spiro atoms. The number of benzene rings is 2. The quantitative estimate of drug-likeness (QED) is 0.768. The van der Waals surface area contributed by atoms with E-state index in [1.165, 1.54) is 0 Å². The monoisotopic (exact) mass is 320 g/mol. The van der Waals surface area contributed by atoms with Crippen LogP contribution >= 0.6 is 11.6 Å². The number of sulfonamides is 1. The molecule has 0 unspecified atom stereocenters. The molecule has 0 atom stereocenters. The summed E-state index contributed by atoms with van der Waals surface area (Å²) in [6.07, 6.45) is 1.81. The second kappa shape index (κ2) is 5.09. The fraction of sp³-hybridized carbons (Fsp3) is 0.0667. The molecule has 0 radical (unpaired) electrons. The Balaban J connectivity index is 2.00. The summed E-state index contributed by atoms with van der Waals surface area (Å²) in [5, 5.41) is 1.37. The summed E-state index contributed by atoms with van der Waals surface area (Å²) in [5.41, 5.74) is 2.01. The molecular formula is C15H13ClN2O2S. The Kier molecular flexibility index (Phi) is 3.39. The number of aromatic amines is 1. The number of hydrogen-bond acceptors (Lipinski definition) is 2. The Morgan fingerprint density at radius 2 is 1.95 bits per heavy atom. The number of fused-ring (bicyclic) bond motifs is 1. The zero-order chi connectivity index (χ0) is 15.0. The average Bonchev–Trinajstić information content (AvgIpc) is 2.88. The topological polar surface area (TPSA) is 62.0 Å². The molecular weight excluding hydrogens is 308 g/mol. The van der Waals surface area contributed by atoms with Gasteiger partial charge in [-0.3, -0.25) is 4.72 Å². The van der Waals surface area contributed by atoms with Crippen molar-refractivity contribution in [3.8, 4) is 0 Å². The summed E-state index contributed by atoms with van der Waals surface area (Å²) in [4.78, 5) is 3.25. The van der Waals surface area contributed by atoms with Crippen molar-refractivity contribution in [1.29, 1.82) is 0 Å². The molecule has 0 saturated heterocycles. The van der Waals surface area contributed by atoms with Crippen LogP contribution in [0.2, 0.25) is 5.02 Å². The minimum atomic E-state index is -3.66. The van der Waals surface area contributed by atoms with Gasteiger partial charge >= 0.3 is 0 Å². The van der Waals surface area contributed by atoms with Gasteiger partial charge in [0.25, 0.3) is 10.0 Å². The predicted octanol–water partition coefficient (Wildman–Crippen LogP) is 3.93. The Labute approximate surface area is 127 Å². The molecule has 2 N–H and O–H groups in total. The summed E-state index contributed by atoms with van der Waals surface area (Å²) < 4.78 is 27.5. The lowest BCUT2D eigenvalue weighted by Crippen LogP contribution is -2.14. The van der Waals surface area contributed by atoms with Crippen molar-refractivity contribution in [2.45, 2.75) is 11.8 Å². The first-order valence-corrected chi connectivity index (χ1v) is 8.18. The lowest BCUT2D eigenvalue weighted by Gasteiger charge is -2.11. The molecule has 0 aliphatic rings. The first-order chi connectivity index (χ1) is 9.97. The highest BCUT2D eigenvalue weighted by Crippen LogP contribution is 2.26. The molecule has 2 aromatic carbocycles. The van der Waals surface area contributed by atoms with E-state index in [0.717, 1.165) is 10.9 Å². The van der Waals surface area contributed by atoms with Gasteiger partial charge in [0.2, 0.25) is 0 Å². The van der Waals surface area contributed by atoms with Crippen LogP contribution in [0.25, 0.3) is 10.9 Å². The van der Waals surface area contributed by atoms with Crippen LogP contribution < -0.4 is 4.72 Å². The third kappa shape index (κ3) is 2.62. The van der Waals surface area contributed by atoms with Gasteiger partial charge in [0.1, 0.15) is 0 Å². The van der Waals surface area contributed by atoms with Crippen LogP contribution in [0.15, 0.2) is 53.6 Å². The molecule has 0 amide bonds.